The van der Waals surface area contributed by atoms with Crippen LogP contribution in [-0.2, 0) is 11.1 Å². The number of rotatable bonds is 5. The van der Waals surface area contributed by atoms with Gasteiger partial charge in [-0.3, -0.25) is 9.48 Å². The average Bonchev–Trinajstić information content (AvgIpc) is 2.72. The predicted molar refractivity (Wildman–Crippen MR) is 81.7 cm³/mol. The first kappa shape index (κ1) is 16.7. The van der Waals surface area contributed by atoms with Gasteiger partial charge in [-0.1, -0.05) is 19.4 Å². The standard InChI is InChI=1S/C15H21N2O4P/c1-4-5-6-16-10-14(22(19,20)21)15(18)17(16)13-8-11(2)7-12(3)9-13/h7-10H,4-6H2,1-3H3,(H2,19,20,21)/p-2. The number of unbranched alkanes of at least 4 members (excludes halogenated alkanes) is 1. The third-order valence-corrected chi connectivity index (χ3v) is 4.32. The van der Waals surface area contributed by atoms with Crippen molar-refractivity contribution in [2.24, 2.45) is 0 Å². The molecule has 120 valence electrons. The fourth-order valence-electron chi connectivity index (χ4n) is 2.49. The van der Waals surface area contributed by atoms with Crippen molar-refractivity contribution in [3.05, 3.63) is 45.9 Å². The molecule has 0 unspecified atom stereocenters. The normalized spacial score (nSPS) is 11.9. The first-order valence-corrected chi connectivity index (χ1v) is 8.72. The van der Waals surface area contributed by atoms with Gasteiger partial charge >= 0.3 is 0 Å². The molecule has 0 amide bonds. The molecule has 0 N–H and O–H groups in total. The summed E-state index contributed by atoms with van der Waals surface area (Å²) in [6, 6.07) is 5.54. The summed E-state index contributed by atoms with van der Waals surface area (Å²) in [5, 5.41) is -0.678. The van der Waals surface area contributed by atoms with E-state index in [4.69, 9.17) is 0 Å². The summed E-state index contributed by atoms with van der Waals surface area (Å²) < 4.78 is 14.1. The zero-order chi connectivity index (χ0) is 16.5. The van der Waals surface area contributed by atoms with Crippen LogP contribution in [0.1, 0.15) is 30.9 Å². The molecule has 1 aromatic carbocycles. The maximum absolute atomic E-state index is 12.4. The Balaban J connectivity index is 2.69. The number of hydrogen-bond acceptors (Lipinski definition) is 4. The lowest BCUT2D eigenvalue weighted by Gasteiger charge is -2.26. The minimum absolute atomic E-state index is 0.471. The number of nitrogens with zero attached hydrogens (tertiary/aromatic N) is 2. The number of aromatic nitrogens is 2. The molecular weight excluding hydrogens is 303 g/mol. The lowest BCUT2D eigenvalue weighted by Crippen LogP contribution is -2.35. The van der Waals surface area contributed by atoms with E-state index in [1.165, 1.54) is 9.36 Å². The fraction of sp³-hybridized carbons (Fsp3) is 0.400. The molecule has 0 fully saturated rings. The molecule has 0 aliphatic heterocycles. The van der Waals surface area contributed by atoms with Crippen LogP contribution in [0.25, 0.3) is 5.69 Å². The van der Waals surface area contributed by atoms with Gasteiger partial charge in [-0.25, -0.2) is 4.68 Å². The maximum Gasteiger partial charge on any atom is 0.279 e. The van der Waals surface area contributed by atoms with E-state index in [9.17, 15) is 19.1 Å². The van der Waals surface area contributed by atoms with Crippen LogP contribution in [0.3, 0.4) is 0 Å². The van der Waals surface area contributed by atoms with Crippen LogP contribution >= 0.6 is 7.60 Å². The molecule has 0 aliphatic rings. The van der Waals surface area contributed by atoms with Crippen LogP contribution in [0.2, 0.25) is 0 Å². The van der Waals surface area contributed by atoms with E-state index in [-0.39, 0.29) is 0 Å². The van der Waals surface area contributed by atoms with E-state index in [2.05, 4.69) is 0 Å². The van der Waals surface area contributed by atoms with E-state index in [0.717, 1.165) is 30.2 Å². The SMILES string of the molecule is CCCCn1cc(P(=O)([O-])[O-])c(=O)n1-c1cc(C)cc(C)c1. The first-order valence-electron chi connectivity index (χ1n) is 7.17. The van der Waals surface area contributed by atoms with Crippen molar-refractivity contribution in [1.29, 1.82) is 0 Å². The smallest absolute Gasteiger partial charge is 0.279 e. The molecule has 0 radical (unpaired) electrons. The zero-order valence-corrected chi connectivity index (χ0v) is 13.8. The van der Waals surface area contributed by atoms with Gasteiger partial charge in [0.05, 0.1) is 11.0 Å². The highest BCUT2D eigenvalue weighted by molar-refractivity contribution is 7.57. The zero-order valence-electron chi connectivity index (χ0n) is 12.9. The van der Waals surface area contributed by atoms with Gasteiger partial charge in [-0.15, -0.1) is 0 Å². The monoisotopic (exact) mass is 322 g/mol. The molecule has 1 aromatic heterocycles. The van der Waals surface area contributed by atoms with Gasteiger partial charge in [0.2, 0.25) is 0 Å². The minimum atomic E-state index is -5.09. The van der Waals surface area contributed by atoms with Crippen molar-refractivity contribution in [1.82, 2.24) is 9.36 Å². The van der Waals surface area contributed by atoms with Crippen molar-refractivity contribution in [3.8, 4) is 5.69 Å². The maximum atomic E-state index is 12.4. The molecule has 0 aliphatic carbocycles. The third-order valence-electron chi connectivity index (χ3n) is 3.43. The van der Waals surface area contributed by atoms with E-state index in [1.54, 1.807) is 12.1 Å². The minimum Gasteiger partial charge on any atom is -0.807 e. The molecule has 6 nitrogen and oxygen atoms in total. The van der Waals surface area contributed by atoms with Gasteiger partial charge in [0.1, 0.15) is 0 Å². The van der Waals surface area contributed by atoms with Crippen LogP contribution in [0.15, 0.2) is 29.2 Å². The predicted octanol–water partition coefficient (Wildman–Crippen LogP) is 0.595. The van der Waals surface area contributed by atoms with Crippen LogP contribution in [0, 0.1) is 13.8 Å². The Kier molecular flexibility index (Phi) is 4.75. The van der Waals surface area contributed by atoms with Gasteiger partial charge < -0.3 is 14.4 Å². The molecule has 2 aromatic rings. The van der Waals surface area contributed by atoms with E-state index in [0.29, 0.717) is 12.2 Å². The lowest BCUT2D eigenvalue weighted by atomic mass is 10.1. The molecule has 0 atom stereocenters. The molecule has 0 saturated heterocycles. The highest BCUT2D eigenvalue weighted by atomic mass is 31.2. The Bertz CT molecular complexity index is 765. The van der Waals surface area contributed by atoms with Crippen molar-refractivity contribution in [3.63, 3.8) is 0 Å². The van der Waals surface area contributed by atoms with Crippen molar-refractivity contribution >= 4 is 12.9 Å². The fourth-order valence-corrected chi connectivity index (χ4v) is 3.09. The van der Waals surface area contributed by atoms with Crippen LogP contribution in [0.5, 0.6) is 0 Å². The highest BCUT2D eigenvalue weighted by Crippen LogP contribution is 2.21. The Hall–Kier alpha value is -1.62. The number of aryl methyl sites for hydroxylation is 3. The molecule has 0 spiro atoms. The topological polar surface area (TPSA) is 90.1 Å². The van der Waals surface area contributed by atoms with Gasteiger partial charge in [-0.2, -0.15) is 0 Å². The highest BCUT2D eigenvalue weighted by Gasteiger charge is 2.15. The molecule has 1 heterocycles. The summed E-state index contributed by atoms with van der Waals surface area (Å²) >= 11 is 0. The molecule has 7 heteroatoms. The quantitative estimate of drug-likeness (QED) is 0.754. The molecule has 0 saturated carbocycles. The van der Waals surface area contributed by atoms with Gasteiger partial charge in [0.15, 0.2) is 0 Å². The van der Waals surface area contributed by atoms with E-state index < -0.39 is 18.5 Å². The van der Waals surface area contributed by atoms with Crippen LogP contribution < -0.4 is 20.7 Å². The largest absolute Gasteiger partial charge is 0.807 e. The number of hydrogen-bond donors (Lipinski definition) is 0. The van der Waals surface area contributed by atoms with Gasteiger partial charge in [-0.05, 0) is 51.1 Å². The Morgan fingerprint density at radius 3 is 2.23 bits per heavy atom. The Labute approximate surface area is 129 Å². The summed E-state index contributed by atoms with van der Waals surface area (Å²) in [7, 11) is -5.09. The Morgan fingerprint density at radius 1 is 1.14 bits per heavy atom. The van der Waals surface area contributed by atoms with Crippen LogP contribution in [0.4, 0.5) is 0 Å². The number of benzene rings is 1. The summed E-state index contributed by atoms with van der Waals surface area (Å²) in [4.78, 5) is 35.0. The summed E-state index contributed by atoms with van der Waals surface area (Å²) in [5.41, 5.74) is 1.70. The second-order valence-electron chi connectivity index (χ2n) is 5.49. The second kappa shape index (κ2) is 6.24. The molecule has 0 bridgehead atoms. The van der Waals surface area contributed by atoms with Crippen molar-refractivity contribution < 1.29 is 14.4 Å². The summed E-state index contributed by atoms with van der Waals surface area (Å²) in [5.74, 6) is 0. The summed E-state index contributed by atoms with van der Waals surface area (Å²) in [6.07, 6.45) is 2.82. The molecule has 22 heavy (non-hydrogen) atoms. The Morgan fingerprint density at radius 2 is 1.73 bits per heavy atom. The first-order chi connectivity index (χ1) is 10.2. The van der Waals surface area contributed by atoms with Crippen molar-refractivity contribution in [2.75, 3.05) is 0 Å². The lowest BCUT2D eigenvalue weighted by molar-refractivity contribution is -0.308. The third kappa shape index (κ3) is 3.40. The van der Waals surface area contributed by atoms with Gasteiger partial charge in [0, 0.05) is 12.7 Å². The average molecular weight is 322 g/mol. The summed E-state index contributed by atoms with van der Waals surface area (Å²) in [6.45, 7) is 6.26. The molecular formula is C15H19N2O4P-2. The van der Waals surface area contributed by atoms with Crippen LogP contribution in [-0.4, -0.2) is 9.36 Å². The van der Waals surface area contributed by atoms with Gasteiger partial charge in [0.25, 0.3) is 5.56 Å². The van der Waals surface area contributed by atoms with E-state index >= 15 is 0 Å². The van der Waals surface area contributed by atoms with Crippen molar-refractivity contribution in [2.45, 2.75) is 40.2 Å². The van der Waals surface area contributed by atoms with E-state index in [1.807, 2.05) is 26.8 Å². The second-order valence-corrected chi connectivity index (χ2v) is 6.97. The molecule has 2 rings (SSSR count).